The van der Waals surface area contributed by atoms with E-state index in [1.54, 1.807) is 36.4 Å². The molecule has 0 aliphatic heterocycles. The maximum atomic E-state index is 14.6. The van der Waals surface area contributed by atoms with E-state index >= 15 is 0 Å². The molecular formula is C37H39ClFN3O5S. The Morgan fingerprint density at radius 1 is 0.896 bits per heavy atom. The number of nitrogens with zero attached hydrogens (tertiary/aromatic N) is 2. The Kier molecular flexibility index (Phi) is 11.7. The minimum absolute atomic E-state index is 0.0100. The van der Waals surface area contributed by atoms with Crippen LogP contribution in [0, 0.1) is 5.82 Å². The molecule has 0 heterocycles. The van der Waals surface area contributed by atoms with Crippen molar-refractivity contribution in [1.82, 2.24) is 10.2 Å². The van der Waals surface area contributed by atoms with Crippen LogP contribution in [0.1, 0.15) is 43.7 Å². The molecule has 1 saturated carbocycles. The van der Waals surface area contributed by atoms with Crippen LogP contribution in [0.2, 0.25) is 5.02 Å². The van der Waals surface area contributed by atoms with Crippen molar-refractivity contribution in [2.45, 2.75) is 62.6 Å². The first kappa shape index (κ1) is 34.9. The Bertz CT molecular complexity index is 1770. The minimum Gasteiger partial charge on any atom is -0.494 e. The molecule has 0 unspecified atom stereocenters. The number of hydrogen-bond acceptors (Lipinski definition) is 5. The van der Waals surface area contributed by atoms with Crippen molar-refractivity contribution in [2.24, 2.45) is 0 Å². The maximum absolute atomic E-state index is 14.6. The molecule has 1 aliphatic carbocycles. The quantitative estimate of drug-likeness (QED) is 0.158. The lowest BCUT2D eigenvalue weighted by atomic mass is 10.0. The molecule has 5 rings (SSSR count). The molecule has 1 N–H and O–H groups in total. The van der Waals surface area contributed by atoms with E-state index in [9.17, 15) is 22.4 Å². The van der Waals surface area contributed by atoms with E-state index in [4.69, 9.17) is 16.3 Å². The van der Waals surface area contributed by atoms with Crippen molar-refractivity contribution in [1.29, 1.82) is 0 Å². The molecule has 0 bridgehead atoms. The summed E-state index contributed by atoms with van der Waals surface area (Å²) in [5.74, 6) is -0.823. The van der Waals surface area contributed by atoms with E-state index in [1.807, 2.05) is 37.3 Å². The summed E-state index contributed by atoms with van der Waals surface area (Å²) in [5, 5.41) is 3.50. The molecule has 0 radical (unpaired) electrons. The van der Waals surface area contributed by atoms with Crippen LogP contribution in [-0.2, 0) is 32.6 Å². The lowest BCUT2D eigenvalue weighted by Gasteiger charge is -2.34. The van der Waals surface area contributed by atoms with Gasteiger partial charge in [0.1, 0.15) is 24.2 Å². The molecule has 1 aliphatic rings. The molecule has 0 saturated heterocycles. The topological polar surface area (TPSA) is 96.0 Å². The van der Waals surface area contributed by atoms with E-state index in [-0.39, 0.29) is 35.5 Å². The zero-order chi connectivity index (χ0) is 34.1. The van der Waals surface area contributed by atoms with Crippen molar-refractivity contribution in [2.75, 3.05) is 17.5 Å². The first-order valence-corrected chi connectivity index (χ1v) is 17.8. The number of carbonyl (C=O) groups is 2. The van der Waals surface area contributed by atoms with Gasteiger partial charge in [-0.05, 0) is 91.6 Å². The van der Waals surface area contributed by atoms with Crippen LogP contribution < -0.4 is 14.4 Å². The third kappa shape index (κ3) is 8.93. The van der Waals surface area contributed by atoms with Gasteiger partial charge in [-0.25, -0.2) is 12.8 Å². The highest BCUT2D eigenvalue weighted by Gasteiger charge is 2.35. The highest BCUT2D eigenvalue weighted by atomic mass is 35.5. The number of sulfonamides is 1. The van der Waals surface area contributed by atoms with Gasteiger partial charge >= 0.3 is 0 Å². The summed E-state index contributed by atoms with van der Waals surface area (Å²) in [6.45, 7) is 1.61. The predicted octanol–water partition coefficient (Wildman–Crippen LogP) is 6.77. The second kappa shape index (κ2) is 16.1. The standard InChI is InChI=1S/C37H39ClFN3O5S/c1-2-47-33-20-18-32(19-21-33)42(48(45,46)34-22-14-29(38)15-23-34)26-36(43)41(25-28-12-16-30(39)17-13-28)35(24-27-8-4-3-5-9-27)37(44)40-31-10-6-7-11-31/h3-5,8-9,12-23,31,35H,2,6-7,10-11,24-26H2,1H3,(H,40,44)/t35-/m0/s1. The Morgan fingerprint density at radius 3 is 2.17 bits per heavy atom. The number of rotatable bonds is 14. The molecule has 8 nitrogen and oxygen atoms in total. The Morgan fingerprint density at radius 2 is 1.54 bits per heavy atom. The molecule has 0 spiro atoms. The summed E-state index contributed by atoms with van der Waals surface area (Å²) in [5.41, 5.74) is 1.65. The highest BCUT2D eigenvalue weighted by molar-refractivity contribution is 7.92. The Hall–Kier alpha value is -4.41. The summed E-state index contributed by atoms with van der Waals surface area (Å²) in [6, 6.07) is 26.2. The number of anilines is 1. The molecule has 11 heteroatoms. The fourth-order valence-corrected chi connectivity index (χ4v) is 7.39. The van der Waals surface area contributed by atoms with E-state index in [0.29, 0.717) is 22.9 Å². The number of ether oxygens (including phenoxy) is 1. The lowest BCUT2D eigenvalue weighted by molar-refractivity contribution is -0.140. The first-order chi connectivity index (χ1) is 23.1. The molecule has 1 fully saturated rings. The Labute approximate surface area is 286 Å². The molecule has 4 aromatic rings. The number of nitrogens with one attached hydrogen (secondary N) is 1. The summed E-state index contributed by atoms with van der Waals surface area (Å²) in [4.78, 5) is 30.0. The van der Waals surface area contributed by atoms with Crippen LogP contribution in [0.15, 0.2) is 108 Å². The van der Waals surface area contributed by atoms with Gasteiger partial charge < -0.3 is 15.0 Å². The molecular weight excluding hydrogens is 653 g/mol. The van der Waals surface area contributed by atoms with Crippen molar-refractivity contribution < 1.29 is 27.1 Å². The van der Waals surface area contributed by atoms with Gasteiger partial charge in [0.25, 0.3) is 10.0 Å². The monoisotopic (exact) mass is 691 g/mol. The van der Waals surface area contributed by atoms with Crippen molar-refractivity contribution in [3.63, 3.8) is 0 Å². The van der Waals surface area contributed by atoms with Gasteiger partial charge in [-0.3, -0.25) is 13.9 Å². The number of hydrogen-bond donors (Lipinski definition) is 1. The number of amides is 2. The zero-order valence-corrected chi connectivity index (χ0v) is 28.3. The summed E-state index contributed by atoms with van der Waals surface area (Å²) in [6.07, 6.45) is 3.90. The van der Waals surface area contributed by atoms with Gasteiger partial charge in [-0.2, -0.15) is 0 Å². The number of halogens is 2. The molecule has 2 amide bonds. The van der Waals surface area contributed by atoms with Gasteiger partial charge in [-0.15, -0.1) is 0 Å². The summed E-state index contributed by atoms with van der Waals surface area (Å²) >= 11 is 6.07. The first-order valence-electron chi connectivity index (χ1n) is 16.0. The van der Waals surface area contributed by atoms with Gasteiger partial charge in [0.15, 0.2) is 0 Å². The second-order valence-corrected chi connectivity index (χ2v) is 14.0. The van der Waals surface area contributed by atoms with E-state index < -0.39 is 34.3 Å². The van der Waals surface area contributed by atoms with Crippen LogP contribution in [0.3, 0.4) is 0 Å². The van der Waals surface area contributed by atoms with Gasteiger partial charge in [0.05, 0.1) is 17.2 Å². The van der Waals surface area contributed by atoms with Crippen molar-refractivity contribution in [3.8, 4) is 5.75 Å². The van der Waals surface area contributed by atoms with Gasteiger partial charge in [0.2, 0.25) is 11.8 Å². The average Bonchev–Trinajstić information content (AvgIpc) is 3.60. The van der Waals surface area contributed by atoms with Gasteiger partial charge in [-0.1, -0.05) is 66.9 Å². The highest BCUT2D eigenvalue weighted by Crippen LogP contribution is 2.28. The molecule has 252 valence electrons. The number of carbonyl (C=O) groups excluding carboxylic acids is 2. The SMILES string of the molecule is CCOc1ccc(N(CC(=O)N(Cc2ccc(F)cc2)[C@@H](Cc2ccccc2)C(=O)NC2CCCC2)S(=O)(=O)c2ccc(Cl)cc2)cc1. The van der Waals surface area contributed by atoms with Crippen LogP contribution in [0.25, 0.3) is 0 Å². The normalized spacial score (nSPS) is 13.9. The maximum Gasteiger partial charge on any atom is 0.264 e. The fourth-order valence-electron chi connectivity index (χ4n) is 5.85. The summed E-state index contributed by atoms with van der Waals surface area (Å²) in [7, 11) is -4.29. The molecule has 1 atom stereocenters. The fraction of sp³-hybridized carbons (Fsp3) is 0.297. The van der Waals surface area contributed by atoms with Crippen LogP contribution >= 0.6 is 11.6 Å². The minimum atomic E-state index is -4.29. The van der Waals surface area contributed by atoms with E-state index in [1.165, 1.54) is 41.3 Å². The van der Waals surface area contributed by atoms with Crippen molar-refractivity contribution in [3.05, 3.63) is 125 Å². The molecule has 48 heavy (non-hydrogen) atoms. The average molecular weight is 692 g/mol. The lowest BCUT2D eigenvalue weighted by Crippen LogP contribution is -2.54. The Balaban J connectivity index is 1.56. The third-order valence-electron chi connectivity index (χ3n) is 8.36. The van der Waals surface area contributed by atoms with E-state index in [2.05, 4.69) is 5.32 Å². The van der Waals surface area contributed by atoms with Gasteiger partial charge in [0, 0.05) is 24.0 Å². The largest absolute Gasteiger partial charge is 0.494 e. The third-order valence-corrected chi connectivity index (χ3v) is 10.4. The van der Waals surface area contributed by atoms with Crippen LogP contribution in [0.5, 0.6) is 5.75 Å². The van der Waals surface area contributed by atoms with Crippen LogP contribution in [0.4, 0.5) is 10.1 Å². The summed E-state index contributed by atoms with van der Waals surface area (Å²) < 4.78 is 48.9. The second-order valence-electron chi connectivity index (χ2n) is 11.7. The predicted molar refractivity (Wildman–Crippen MR) is 185 cm³/mol. The smallest absolute Gasteiger partial charge is 0.264 e. The van der Waals surface area contributed by atoms with E-state index in [0.717, 1.165) is 35.6 Å². The zero-order valence-electron chi connectivity index (χ0n) is 26.7. The van der Waals surface area contributed by atoms with Crippen LogP contribution in [-0.4, -0.2) is 50.4 Å². The van der Waals surface area contributed by atoms with Crippen molar-refractivity contribution >= 4 is 39.1 Å². The number of benzene rings is 4. The molecule has 0 aromatic heterocycles. The molecule has 4 aromatic carbocycles.